The van der Waals surface area contributed by atoms with Gasteiger partial charge >= 0.3 is 0 Å². The van der Waals surface area contributed by atoms with Crippen molar-refractivity contribution < 1.29 is 14.0 Å². The van der Waals surface area contributed by atoms with Crippen LogP contribution in [-0.2, 0) is 11.3 Å². The molecule has 0 fully saturated rings. The summed E-state index contributed by atoms with van der Waals surface area (Å²) in [6.07, 6.45) is 0. The second kappa shape index (κ2) is 7.04. The van der Waals surface area contributed by atoms with Crippen LogP contribution < -0.4 is 5.32 Å². The second-order valence-electron chi connectivity index (χ2n) is 6.67. The van der Waals surface area contributed by atoms with Gasteiger partial charge in [-0.3, -0.25) is 9.59 Å². The van der Waals surface area contributed by atoms with Crippen LogP contribution in [-0.4, -0.2) is 23.8 Å². The van der Waals surface area contributed by atoms with Gasteiger partial charge in [-0.2, -0.15) is 0 Å². The van der Waals surface area contributed by atoms with Crippen molar-refractivity contribution in [2.75, 3.05) is 7.05 Å². The molecule has 0 spiro atoms. The van der Waals surface area contributed by atoms with E-state index in [0.29, 0.717) is 17.9 Å². The molecule has 138 valence electrons. The normalized spacial score (nSPS) is 19.0. The summed E-state index contributed by atoms with van der Waals surface area (Å²) in [5, 5.41) is 4.95. The Morgan fingerprint density at radius 1 is 1.19 bits per heavy atom. The number of furan rings is 1. The Hall–Kier alpha value is -2.86. The molecule has 4 rings (SSSR count). The van der Waals surface area contributed by atoms with Gasteiger partial charge in [0.15, 0.2) is 0 Å². The van der Waals surface area contributed by atoms with Gasteiger partial charge in [-0.05, 0) is 42.1 Å². The number of amides is 2. The molecule has 0 radical (unpaired) electrons. The number of aryl methyl sites for hydroxylation is 1. The smallest absolute Gasteiger partial charge is 0.254 e. The maximum absolute atomic E-state index is 13.2. The molecule has 2 atom stereocenters. The van der Waals surface area contributed by atoms with Crippen molar-refractivity contribution in [1.29, 1.82) is 0 Å². The molecular formula is C21H20N2O3S. The minimum Gasteiger partial charge on any atom is -0.465 e. The maximum Gasteiger partial charge on any atom is 0.254 e. The van der Waals surface area contributed by atoms with Gasteiger partial charge < -0.3 is 14.6 Å². The summed E-state index contributed by atoms with van der Waals surface area (Å²) in [5.74, 6) is 0.869. The zero-order chi connectivity index (χ0) is 19.0. The first kappa shape index (κ1) is 17.5. The van der Waals surface area contributed by atoms with Gasteiger partial charge in [0, 0.05) is 17.5 Å². The molecule has 0 saturated heterocycles. The zero-order valence-electron chi connectivity index (χ0n) is 15.1. The van der Waals surface area contributed by atoms with Crippen LogP contribution in [0.3, 0.4) is 0 Å². The van der Waals surface area contributed by atoms with Gasteiger partial charge in [0.05, 0.1) is 18.5 Å². The van der Waals surface area contributed by atoms with Crippen molar-refractivity contribution in [2.45, 2.75) is 25.4 Å². The monoisotopic (exact) mass is 380 g/mol. The Labute approximate surface area is 161 Å². The van der Waals surface area contributed by atoms with Crippen LogP contribution in [0.4, 0.5) is 0 Å². The molecule has 5 nitrogen and oxygen atoms in total. The Morgan fingerprint density at radius 3 is 2.70 bits per heavy atom. The van der Waals surface area contributed by atoms with E-state index in [-0.39, 0.29) is 17.9 Å². The molecule has 0 aliphatic carbocycles. The number of carbonyl (C=O) groups excluding carboxylic acids is 2. The molecule has 0 bridgehead atoms. The number of benzene rings is 1. The lowest BCUT2D eigenvalue weighted by Crippen LogP contribution is -2.45. The Balaban J connectivity index is 1.70. The van der Waals surface area contributed by atoms with E-state index in [1.807, 2.05) is 54.8 Å². The number of fused-ring (bicyclic) bond motifs is 1. The average molecular weight is 380 g/mol. The molecule has 1 aliphatic heterocycles. The van der Waals surface area contributed by atoms with Gasteiger partial charge in [0.2, 0.25) is 5.91 Å². The fourth-order valence-electron chi connectivity index (χ4n) is 3.64. The van der Waals surface area contributed by atoms with Crippen molar-refractivity contribution >= 4 is 23.2 Å². The molecular weight excluding hydrogens is 360 g/mol. The molecule has 1 aliphatic rings. The summed E-state index contributed by atoms with van der Waals surface area (Å²) in [5.41, 5.74) is 1.36. The minimum absolute atomic E-state index is 0.0605. The predicted molar refractivity (Wildman–Crippen MR) is 104 cm³/mol. The van der Waals surface area contributed by atoms with Crippen LogP contribution in [0.2, 0.25) is 0 Å². The van der Waals surface area contributed by atoms with E-state index in [1.165, 1.54) is 0 Å². The van der Waals surface area contributed by atoms with E-state index in [0.717, 1.165) is 16.2 Å². The first-order chi connectivity index (χ1) is 13.1. The van der Waals surface area contributed by atoms with E-state index in [2.05, 4.69) is 5.32 Å². The summed E-state index contributed by atoms with van der Waals surface area (Å²) < 4.78 is 5.55. The largest absolute Gasteiger partial charge is 0.465 e. The predicted octanol–water partition coefficient (Wildman–Crippen LogP) is 3.88. The van der Waals surface area contributed by atoms with Crippen LogP contribution in [0.1, 0.15) is 44.3 Å². The molecule has 27 heavy (non-hydrogen) atoms. The van der Waals surface area contributed by atoms with Gasteiger partial charge in [-0.25, -0.2) is 0 Å². The standard InChI is InChI=1S/C21H20N2O3S/c1-13-9-10-14(26-13)12-22-20(24)18-15-6-3-4-7-16(15)21(25)23(2)19(18)17-8-5-11-27-17/h3-11,18-19H,12H2,1-2H3,(H,22,24). The lowest BCUT2D eigenvalue weighted by molar-refractivity contribution is -0.124. The molecule has 2 unspecified atom stereocenters. The van der Waals surface area contributed by atoms with E-state index >= 15 is 0 Å². The summed E-state index contributed by atoms with van der Waals surface area (Å²) in [7, 11) is 1.76. The molecule has 2 amide bonds. The Bertz CT molecular complexity index is 977. The molecule has 1 N–H and O–H groups in total. The van der Waals surface area contributed by atoms with Crippen LogP contribution >= 0.6 is 11.3 Å². The van der Waals surface area contributed by atoms with Crippen molar-refractivity contribution in [3.63, 3.8) is 0 Å². The zero-order valence-corrected chi connectivity index (χ0v) is 16.0. The van der Waals surface area contributed by atoms with E-state index < -0.39 is 5.92 Å². The highest BCUT2D eigenvalue weighted by Gasteiger charge is 2.42. The number of likely N-dealkylation sites (N-methyl/N-ethyl adjacent to an activating group) is 1. The van der Waals surface area contributed by atoms with Gasteiger partial charge in [0.1, 0.15) is 11.5 Å². The minimum atomic E-state index is -0.474. The van der Waals surface area contributed by atoms with Crippen molar-refractivity contribution in [1.82, 2.24) is 10.2 Å². The van der Waals surface area contributed by atoms with Crippen LogP contribution in [0, 0.1) is 6.92 Å². The highest BCUT2D eigenvalue weighted by atomic mass is 32.1. The highest BCUT2D eigenvalue weighted by Crippen LogP contribution is 2.43. The van der Waals surface area contributed by atoms with E-state index in [9.17, 15) is 9.59 Å². The number of thiophene rings is 1. The number of carbonyl (C=O) groups is 2. The molecule has 6 heteroatoms. The van der Waals surface area contributed by atoms with Gasteiger partial charge in [-0.1, -0.05) is 24.3 Å². The first-order valence-electron chi connectivity index (χ1n) is 8.79. The molecule has 3 aromatic rings. The van der Waals surface area contributed by atoms with Crippen molar-refractivity contribution in [2.24, 2.45) is 0 Å². The first-order valence-corrected chi connectivity index (χ1v) is 9.66. The average Bonchev–Trinajstić information content (AvgIpc) is 3.34. The number of hydrogen-bond acceptors (Lipinski definition) is 4. The lowest BCUT2D eigenvalue weighted by Gasteiger charge is -2.39. The van der Waals surface area contributed by atoms with Crippen LogP contribution in [0.25, 0.3) is 0 Å². The summed E-state index contributed by atoms with van der Waals surface area (Å²) >= 11 is 1.56. The molecule has 3 heterocycles. The van der Waals surface area contributed by atoms with Gasteiger partial charge in [-0.15, -0.1) is 11.3 Å². The quantitative estimate of drug-likeness (QED) is 0.747. The number of rotatable bonds is 4. The molecule has 1 aromatic carbocycles. The van der Waals surface area contributed by atoms with Crippen LogP contribution in [0.15, 0.2) is 58.3 Å². The Morgan fingerprint density at radius 2 is 2.00 bits per heavy atom. The van der Waals surface area contributed by atoms with E-state index in [1.54, 1.807) is 29.4 Å². The fourth-order valence-corrected chi connectivity index (χ4v) is 4.54. The van der Waals surface area contributed by atoms with Crippen molar-refractivity contribution in [3.05, 3.63) is 81.4 Å². The topological polar surface area (TPSA) is 62.6 Å². The Kier molecular flexibility index (Phi) is 4.58. The summed E-state index contributed by atoms with van der Waals surface area (Å²) in [6, 6.07) is 14.7. The second-order valence-corrected chi connectivity index (χ2v) is 7.65. The SMILES string of the molecule is Cc1ccc(CNC(=O)C2c3ccccc3C(=O)N(C)C2c2cccs2)o1. The van der Waals surface area contributed by atoms with Crippen molar-refractivity contribution in [3.8, 4) is 0 Å². The number of nitrogens with one attached hydrogen (secondary N) is 1. The fraction of sp³-hybridized carbons (Fsp3) is 0.238. The van der Waals surface area contributed by atoms with Crippen LogP contribution in [0.5, 0.6) is 0 Å². The lowest BCUT2D eigenvalue weighted by atomic mass is 9.81. The third-order valence-electron chi connectivity index (χ3n) is 4.93. The van der Waals surface area contributed by atoms with E-state index in [4.69, 9.17) is 4.42 Å². The third kappa shape index (κ3) is 3.17. The molecule has 0 saturated carbocycles. The maximum atomic E-state index is 13.2. The summed E-state index contributed by atoms with van der Waals surface area (Å²) in [6.45, 7) is 2.19. The third-order valence-corrected chi connectivity index (χ3v) is 5.87. The molecule has 2 aromatic heterocycles. The highest BCUT2D eigenvalue weighted by molar-refractivity contribution is 7.10. The van der Waals surface area contributed by atoms with Gasteiger partial charge in [0.25, 0.3) is 5.91 Å². The summed E-state index contributed by atoms with van der Waals surface area (Å²) in [4.78, 5) is 28.7. The number of nitrogens with zero attached hydrogens (tertiary/aromatic N) is 1. The number of hydrogen-bond donors (Lipinski definition) is 1.